The molecule has 6 aromatic carbocycles. The van der Waals surface area contributed by atoms with Gasteiger partial charge in [-0.15, -0.1) is 0 Å². The Hall–Kier alpha value is -7.32. The fourth-order valence-electron chi connectivity index (χ4n) is 8.59. The lowest BCUT2D eigenvalue weighted by molar-refractivity contribution is -0.156. The van der Waals surface area contributed by atoms with Crippen LogP contribution in [0.1, 0.15) is 221 Å². The number of esters is 2. The fourth-order valence-corrected chi connectivity index (χ4v) is 8.59. The standard InChI is InChI=1S/C13H17N.C13H18O2.C13H18O.C12H18O.C12H16O.C10H14.C4H6O3.H2O/c1-10(2)8-12-4-6-13(7-5-12)11(3)9-14;1-9(2)8-11-4-6-12(7-5-11)10(3)13(14)15;1-10(2)8-12-4-6-13(7-5-12)11(3)9-14;2*1-9(2)8-11-4-6-12(7-5-11)10(3)13;1-9(2)8-10-6-4-3-5-7-10;1-3(5)7-4(2)6;/h4-7,10-11H,8H2,1-3H3;4-7,9-10H,8H2,1-3H3,(H,14,15);4-7,9-11H,8H2,1-3H3;4-7,9-10,13H,8H2,1-3H3;4-7,9H,8H2,1-3H3;3-7,9H,8H2,1-2H3;1-2H3;1H2/p+1. The van der Waals surface area contributed by atoms with E-state index in [2.05, 4.69) is 185 Å². The number of benzene rings is 6. The van der Waals surface area contributed by atoms with Crippen LogP contribution in [0.3, 0.4) is 0 Å². The number of ether oxygens (including phenoxy) is 1. The quantitative estimate of drug-likeness (QED) is 0.0261. The average Bonchev–Trinajstić information content (AvgIpc) is 3.60. The highest BCUT2D eigenvalue weighted by Crippen LogP contribution is 2.20. The third kappa shape index (κ3) is 40.7. The Morgan fingerprint density at radius 1 is 0.425 bits per heavy atom. The van der Waals surface area contributed by atoms with Gasteiger partial charge in [-0.1, -0.05) is 242 Å². The first-order chi connectivity index (χ1) is 40.4. The number of aliphatic carboxylic acids is 1. The van der Waals surface area contributed by atoms with Crippen LogP contribution >= 0.6 is 0 Å². The van der Waals surface area contributed by atoms with Crippen LogP contribution in [0.15, 0.2) is 152 Å². The van der Waals surface area contributed by atoms with E-state index in [1.807, 2.05) is 74.5 Å². The number of nitrogens with zero attached hydrogens (tertiary/aromatic N) is 1. The first kappa shape index (κ1) is 81.7. The van der Waals surface area contributed by atoms with Gasteiger partial charge in [-0.05, 0) is 157 Å². The van der Waals surface area contributed by atoms with E-state index in [0.29, 0.717) is 29.6 Å². The zero-order valence-electron chi connectivity index (χ0n) is 56.4. The molecule has 0 aliphatic rings. The van der Waals surface area contributed by atoms with Gasteiger partial charge >= 0.3 is 17.9 Å². The molecule has 0 aliphatic carbocycles. The van der Waals surface area contributed by atoms with Gasteiger partial charge in [-0.2, -0.15) is 5.26 Å². The lowest BCUT2D eigenvalue weighted by Crippen LogP contribution is -2.07. The number of aldehydes is 1. The van der Waals surface area contributed by atoms with Gasteiger partial charge in [-0.3, -0.25) is 19.2 Å². The van der Waals surface area contributed by atoms with Crippen molar-refractivity contribution in [2.75, 3.05) is 0 Å². The van der Waals surface area contributed by atoms with Crippen molar-refractivity contribution < 1.29 is 44.4 Å². The summed E-state index contributed by atoms with van der Waals surface area (Å²) < 4.78 is 3.97. The molecule has 0 bridgehead atoms. The van der Waals surface area contributed by atoms with E-state index in [1.54, 1.807) is 20.8 Å². The summed E-state index contributed by atoms with van der Waals surface area (Å²) in [6, 6.07) is 53.5. The third-order valence-corrected chi connectivity index (χ3v) is 13.0. The van der Waals surface area contributed by atoms with Crippen LogP contribution in [0.5, 0.6) is 0 Å². The average molecular weight is 1190 g/mol. The van der Waals surface area contributed by atoms with Crippen LogP contribution in [-0.4, -0.2) is 40.2 Å². The molecule has 0 saturated heterocycles. The number of carbonyl (C=O) groups is 5. The van der Waals surface area contributed by atoms with Gasteiger partial charge in [0.05, 0.1) is 24.0 Å². The van der Waals surface area contributed by atoms with E-state index >= 15 is 0 Å². The molecule has 10 nitrogen and oxygen atoms in total. The minimum absolute atomic E-state index is 0. The first-order valence-electron chi connectivity index (χ1n) is 30.8. The van der Waals surface area contributed by atoms with Crippen LogP contribution in [0.25, 0.3) is 0 Å². The molecule has 0 aromatic heterocycles. The van der Waals surface area contributed by atoms with E-state index < -0.39 is 23.8 Å². The topological polar surface area (TPSA) is 192 Å². The van der Waals surface area contributed by atoms with Crippen LogP contribution in [-0.2, 0) is 67.9 Å². The van der Waals surface area contributed by atoms with Crippen LogP contribution in [0.4, 0.5) is 0 Å². The molecule has 0 radical (unpaired) electrons. The summed E-state index contributed by atoms with van der Waals surface area (Å²) in [6.07, 6.45) is 7.28. The Balaban J connectivity index is 0. The highest BCUT2D eigenvalue weighted by Gasteiger charge is 2.13. The molecule has 87 heavy (non-hydrogen) atoms. The second-order valence-corrected chi connectivity index (χ2v) is 24.9. The van der Waals surface area contributed by atoms with Crippen molar-refractivity contribution in [2.24, 2.45) is 35.5 Å². The molecule has 5 N–H and O–H groups in total. The van der Waals surface area contributed by atoms with Crippen molar-refractivity contribution in [3.8, 4) is 6.07 Å². The zero-order valence-corrected chi connectivity index (χ0v) is 56.4. The van der Waals surface area contributed by atoms with Crippen molar-refractivity contribution in [3.05, 3.63) is 213 Å². The predicted molar refractivity (Wildman–Crippen MR) is 362 cm³/mol. The van der Waals surface area contributed by atoms with Crippen molar-refractivity contribution in [2.45, 2.75) is 194 Å². The molecule has 0 amide bonds. The predicted octanol–water partition coefficient (Wildman–Crippen LogP) is 17.9. The molecule has 0 fully saturated rings. The van der Waals surface area contributed by atoms with Crippen molar-refractivity contribution in [1.29, 1.82) is 5.26 Å². The maximum absolute atomic E-state index is 11.0. The molecule has 10 heteroatoms. The molecule has 0 spiro atoms. The van der Waals surface area contributed by atoms with Gasteiger partial charge in [0.2, 0.25) is 0 Å². The minimum Gasteiger partial charge on any atom is -0.481 e. The van der Waals surface area contributed by atoms with Gasteiger partial charge in [-0.25, -0.2) is 0 Å². The van der Waals surface area contributed by atoms with Crippen molar-refractivity contribution in [1.82, 2.24) is 0 Å². The summed E-state index contributed by atoms with van der Waals surface area (Å²) in [5.41, 5.74) is 12.9. The smallest absolute Gasteiger partial charge is 0.310 e. The number of hydrogen-bond donors (Lipinski definition) is 2. The number of carboxylic acids is 1. The lowest BCUT2D eigenvalue weighted by atomic mass is 9.97. The number of ketones is 1. The Morgan fingerprint density at radius 2 is 0.701 bits per heavy atom. The van der Waals surface area contributed by atoms with E-state index in [9.17, 15) is 29.1 Å². The van der Waals surface area contributed by atoms with E-state index in [0.717, 1.165) is 72.1 Å². The number of nitriles is 1. The number of hydrogen-bond acceptors (Lipinski definition) is 8. The fraction of sp³-hybridized carbons (Fsp3) is 0.455. The Morgan fingerprint density at radius 3 is 0.943 bits per heavy atom. The summed E-state index contributed by atoms with van der Waals surface area (Å²) in [7, 11) is 0. The highest BCUT2D eigenvalue weighted by atomic mass is 16.6. The zero-order chi connectivity index (χ0) is 65.5. The van der Waals surface area contributed by atoms with Crippen LogP contribution in [0.2, 0.25) is 0 Å². The van der Waals surface area contributed by atoms with Crippen molar-refractivity contribution >= 4 is 30.0 Å². The summed E-state index contributed by atoms with van der Waals surface area (Å²) >= 11 is 0. The van der Waals surface area contributed by atoms with Crippen LogP contribution in [0, 0.1) is 46.8 Å². The number of carbonyl (C=O) groups excluding carboxylic acids is 4. The van der Waals surface area contributed by atoms with Gasteiger partial charge in [0.1, 0.15) is 6.29 Å². The summed E-state index contributed by atoms with van der Waals surface area (Å²) in [6.45, 7) is 37.8. The van der Waals surface area contributed by atoms with Gasteiger partial charge < -0.3 is 25.2 Å². The van der Waals surface area contributed by atoms with E-state index in [4.69, 9.17) is 10.4 Å². The maximum atomic E-state index is 11.0. The van der Waals surface area contributed by atoms with E-state index in [1.165, 1.54) is 53.6 Å². The Labute approximate surface area is 525 Å². The number of aliphatic hydroxyl groups excluding tert-OH is 1. The SMILES string of the molecule is CC(=O)OC(C)=O.CC(=O)c1ccc(CC(C)C)cc1.CC(C)Cc1ccc(C(C)C#N)cc1.CC(C)Cc1ccc(C(C)C(=O)O)cc1.CC(C)Cc1ccc(C(C)C=O)cc1.CC(C)Cc1ccc(C(C)O)cc1.CC(C)Cc1ccccc1.[OH3+]. The number of aliphatic hydroxyl groups is 1. The molecular weight excluding hydrogens is 1080 g/mol. The lowest BCUT2D eigenvalue weighted by Gasteiger charge is -2.09. The normalized spacial score (nSPS) is 11.6. The molecule has 0 saturated carbocycles. The first-order valence-corrected chi connectivity index (χ1v) is 30.8. The monoisotopic (exact) mass is 1190 g/mol. The second-order valence-electron chi connectivity index (χ2n) is 24.9. The largest absolute Gasteiger partial charge is 0.481 e. The molecule has 4 atom stereocenters. The third-order valence-electron chi connectivity index (χ3n) is 13.0. The van der Waals surface area contributed by atoms with Gasteiger partial charge in [0.15, 0.2) is 5.78 Å². The maximum Gasteiger partial charge on any atom is 0.310 e. The molecule has 4 unspecified atom stereocenters. The molecule has 6 rings (SSSR count). The Kier molecular flexibility index (Phi) is 43.1. The van der Waals surface area contributed by atoms with Crippen LogP contribution < -0.4 is 0 Å². The van der Waals surface area contributed by atoms with Gasteiger partial charge in [0.25, 0.3) is 0 Å². The number of Topliss-reactive ketones (excluding diaryl/α,β-unsaturated/α-hetero) is 1. The Bertz CT molecular complexity index is 2810. The van der Waals surface area contributed by atoms with Crippen molar-refractivity contribution in [3.63, 3.8) is 0 Å². The molecule has 476 valence electrons. The highest BCUT2D eigenvalue weighted by molar-refractivity contribution is 5.94. The number of rotatable bonds is 19. The molecule has 6 aromatic rings. The van der Waals surface area contributed by atoms with Gasteiger partial charge in [0, 0.05) is 25.3 Å². The number of carboxylic acid groups (broad SMARTS) is 1. The summed E-state index contributed by atoms with van der Waals surface area (Å²) in [5.74, 6) is 1.97. The molecular formula is C77H110NO9+. The second kappa shape index (κ2) is 45.9. The molecule has 0 heterocycles. The summed E-state index contributed by atoms with van der Waals surface area (Å²) in [5, 5.41) is 26.9. The van der Waals surface area contributed by atoms with E-state index in [-0.39, 0.29) is 29.2 Å². The summed E-state index contributed by atoms with van der Waals surface area (Å²) in [4.78, 5) is 51.9. The molecule has 0 aliphatic heterocycles. The minimum atomic E-state index is -0.772.